The molecule has 1 aromatic heterocycles. The van der Waals surface area contributed by atoms with Crippen LogP contribution in [0.1, 0.15) is 29.4 Å². The van der Waals surface area contributed by atoms with Crippen LogP contribution in [0.25, 0.3) is 5.69 Å². The van der Waals surface area contributed by atoms with Gasteiger partial charge in [0.15, 0.2) is 11.0 Å². The van der Waals surface area contributed by atoms with E-state index < -0.39 is 0 Å². The summed E-state index contributed by atoms with van der Waals surface area (Å²) in [6.45, 7) is 4.28. The first-order chi connectivity index (χ1) is 16.5. The second-order valence-corrected chi connectivity index (χ2v) is 8.75. The van der Waals surface area contributed by atoms with Gasteiger partial charge < -0.3 is 10.6 Å². The van der Waals surface area contributed by atoms with Gasteiger partial charge in [-0.05, 0) is 54.8 Å². The zero-order chi connectivity index (χ0) is 23.9. The lowest BCUT2D eigenvalue weighted by molar-refractivity contribution is 0.251. The molecule has 0 unspecified atom stereocenters. The summed E-state index contributed by atoms with van der Waals surface area (Å²) < 4.78 is 15.2. The molecule has 0 aliphatic rings. The fourth-order valence-corrected chi connectivity index (χ4v) is 4.39. The first-order valence-electron chi connectivity index (χ1n) is 11.0. The smallest absolute Gasteiger partial charge is 0.319 e. The summed E-state index contributed by atoms with van der Waals surface area (Å²) in [5.74, 6) is 0.973. The lowest BCUT2D eigenvalue weighted by atomic mass is 10.1. The number of carbonyl (C=O) groups excluding carboxylic acids is 1. The minimum atomic E-state index is -0.306. The topological polar surface area (TPSA) is 71.8 Å². The highest BCUT2D eigenvalue weighted by Gasteiger charge is 2.16. The number of benzene rings is 3. The summed E-state index contributed by atoms with van der Waals surface area (Å²) in [6, 6.07) is 21.9. The van der Waals surface area contributed by atoms with Gasteiger partial charge in [0, 0.05) is 17.1 Å². The molecule has 0 spiro atoms. The van der Waals surface area contributed by atoms with E-state index in [9.17, 15) is 9.18 Å². The molecule has 8 heteroatoms. The molecule has 0 bridgehead atoms. The highest BCUT2D eigenvalue weighted by Crippen LogP contribution is 2.26. The number of amides is 2. The SMILES string of the molecule is CCc1ccccc1NC(=O)NCc1nnc(SCc2ccc(F)cc2)n1-c1ccc(C)cc1. The number of aromatic nitrogens is 3. The highest BCUT2D eigenvalue weighted by atomic mass is 32.2. The largest absolute Gasteiger partial charge is 0.331 e. The second kappa shape index (κ2) is 11.0. The first kappa shape index (κ1) is 23.5. The van der Waals surface area contributed by atoms with Crippen molar-refractivity contribution in [1.29, 1.82) is 0 Å². The highest BCUT2D eigenvalue weighted by molar-refractivity contribution is 7.98. The molecule has 6 nitrogen and oxygen atoms in total. The van der Waals surface area contributed by atoms with E-state index in [0.29, 0.717) is 16.7 Å². The zero-order valence-corrected chi connectivity index (χ0v) is 19.9. The van der Waals surface area contributed by atoms with E-state index >= 15 is 0 Å². The quantitative estimate of drug-likeness (QED) is 0.312. The summed E-state index contributed by atoms with van der Waals surface area (Å²) in [6.07, 6.45) is 0.826. The first-order valence-corrected chi connectivity index (χ1v) is 12.0. The Morgan fingerprint density at radius 3 is 2.47 bits per heavy atom. The van der Waals surface area contributed by atoms with Crippen LogP contribution in [-0.2, 0) is 18.7 Å². The Labute approximate surface area is 202 Å². The fraction of sp³-hybridized carbons (Fsp3) is 0.192. The third kappa shape index (κ3) is 5.82. The predicted molar refractivity (Wildman–Crippen MR) is 134 cm³/mol. The molecule has 3 aromatic carbocycles. The van der Waals surface area contributed by atoms with Gasteiger partial charge in [0.25, 0.3) is 0 Å². The number of hydrogen-bond donors (Lipinski definition) is 2. The monoisotopic (exact) mass is 475 g/mol. The van der Waals surface area contributed by atoms with E-state index in [4.69, 9.17) is 0 Å². The molecule has 34 heavy (non-hydrogen) atoms. The summed E-state index contributed by atoms with van der Waals surface area (Å²) in [4.78, 5) is 12.6. The number of halogens is 1. The van der Waals surface area contributed by atoms with Crippen molar-refractivity contribution in [3.63, 3.8) is 0 Å². The van der Waals surface area contributed by atoms with Gasteiger partial charge in [0.1, 0.15) is 5.82 Å². The van der Waals surface area contributed by atoms with Gasteiger partial charge in [-0.15, -0.1) is 10.2 Å². The van der Waals surface area contributed by atoms with Gasteiger partial charge in [-0.3, -0.25) is 4.57 Å². The van der Waals surface area contributed by atoms with Crippen molar-refractivity contribution >= 4 is 23.5 Å². The van der Waals surface area contributed by atoms with E-state index in [1.807, 2.05) is 66.9 Å². The fourth-order valence-electron chi connectivity index (χ4n) is 3.47. The van der Waals surface area contributed by atoms with Crippen LogP contribution in [0.4, 0.5) is 14.9 Å². The Hall–Kier alpha value is -3.65. The Morgan fingerprint density at radius 1 is 1.00 bits per heavy atom. The number of urea groups is 1. The number of carbonyl (C=O) groups is 1. The number of para-hydroxylation sites is 1. The number of nitrogens with one attached hydrogen (secondary N) is 2. The lowest BCUT2D eigenvalue weighted by Gasteiger charge is -2.13. The van der Waals surface area contributed by atoms with Crippen molar-refractivity contribution in [2.45, 2.75) is 37.7 Å². The molecule has 4 rings (SSSR count). The van der Waals surface area contributed by atoms with Crippen molar-refractivity contribution in [3.05, 3.63) is 101 Å². The van der Waals surface area contributed by atoms with Crippen molar-refractivity contribution in [2.24, 2.45) is 0 Å². The summed E-state index contributed by atoms with van der Waals surface area (Å²) >= 11 is 1.51. The lowest BCUT2D eigenvalue weighted by Crippen LogP contribution is -2.29. The molecule has 2 amide bonds. The minimum Gasteiger partial charge on any atom is -0.331 e. The zero-order valence-electron chi connectivity index (χ0n) is 19.1. The molecule has 0 saturated heterocycles. The normalized spacial score (nSPS) is 10.8. The van der Waals surface area contributed by atoms with E-state index in [-0.39, 0.29) is 18.4 Å². The van der Waals surface area contributed by atoms with Crippen molar-refractivity contribution < 1.29 is 9.18 Å². The van der Waals surface area contributed by atoms with Crippen molar-refractivity contribution in [2.75, 3.05) is 5.32 Å². The van der Waals surface area contributed by atoms with Gasteiger partial charge in [0.2, 0.25) is 0 Å². The molecule has 0 atom stereocenters. The number of thioether (sulfide) groups is 1. The molecular weight excluding hydrogens is 449 g/mol. The van der Waals surface area contributed by atoms with Crippen LogP contribution >= 0.6 is 11.8 Å². The summed E-state index contributed by atoms with van der Waals surface area (Å²) in [7, 11) is 0. The number of aryl methyl sites for hydroxylation is 2. The van der Waals surface area contributed by atoms with Crippen LogP contribution in [0.2, 0.25) is 0 Å². The Bertz CT molecular complexity index is 1260. The van der Waals surface area contributed by atoms with E-state index in [0.717, 1.165) is 34.5 Å². The van der Waals surface area contributed by atoms with Crippen LogP contribution in [0.15, 0.2) is 78.0 Å². The second-order valence-electron chi connectivity index (χ2n) is 7.80. The van der Waals surface area contributed by atoms with Crippen LogP contribution in [0.5, 0.6) is 0 Å². The third-order valence-corrected chi connectivity index (χ3v) is 6.33. The standard InChI is InChI=1S/C26H26FN5OS/c1-3-20-6-4-5-7-23(20)29-25(33)28-16-24-30-31-26(32(24)22-14-8-18(2)9-15-22)34-17-19-10-12-21(27)13-11-19/h4-15H,3,16-17H2,1-2H3,(H2,28,29,33). The summed E-state index contributed by atoms with van der Waals surface area (Å²) in [5.41, 5.74) is 4.90. The maximum absolute atomic E-state index is 13.2. The molecule has 0 aliphatic carbocycles. The molecule has 0 saturated carbocycles. The van der Waals surface area contributed by atoms with Gasteiger partial charge in [-0.1, -0.05) is 66.7 Å². The van der Waals surface area contributed by atoms with E-state index in [1.54, 1.807) is 12.1 Å². The summed E-state index contributed by atoms with van der Waals surface area (Å²) in [5, 5.41) is 15.2. The molecule has 0 aliphatic heterocycles. The minimum absolute atomic E-state index is 0.206. The van der Waals surface area contributed by atoms with Gasteiger partial charge in [-0.2, -0.15) is 0 Å². The maximum atomic E-state index is 13.2. The molecule has 4 aromatic rings. The molecular formula is C26H26FN5OS. The van der Waals surface area contributed by atoms with Crippen LogP contribution < -0.4 is 10.6 Å². The number of nitrogens with zero attached hydrogens (tertiary/aromatic N) is 3. The van der Waals surface area contributed by atoms with Gasteiger partial charge in [0.05, 0.1) is 6.54 Å². The van der Waals surface area contributed by atoms with Crippen LogP contribution in [0.3, 0.4) is 0 Å². The van der Waals surface area contributed by atoms with Crippen LogP contribution in [0, 0.1) is 12.7 Å². The maximum Gasteiger partial charge on any atom is 0.319 e. The average molecular weight is 476 g/mol. The molecule has 0 fully saturated rings. The molecule has 174 valence electrons. The van der Waals surface area contributed by atoms with Crippen molar-refractivity contribution in [1.82, 2.24) is 20.1 Å². The predicted octanol–water partition coefficient (Wildman–Crippen LogP) is 5.89. The molecule has 2 N–H and O–H groups in total. The Balaban J connectivity index is 1.51. The average Bonchev–Trinajstić information content (AvgIpc) is 3.26. The van der Waals surface area contributed by atoms with Gasteiger partial charge in [-0.25, -0.2) is 9.18 Å². The van der Waals surface area contributed by atoms with Crippen LogP contribution in [-0.4, -0.2) is 20.8 Å². The van der Waals surface area contributed by atoms with Gasteiger partial charge >= 0.3 is 6.03 Å². The van der Waals surface area contributed by atoms with E-state index in [1.165, 1.54) is 23.9 Å². The number of anilines is 1. The van der Waals surface area contributed by atoms with Crippen molar-refractivity contribution in [3.8, 4) is 5.69 Å². The Kier molecular flexibility index (Phi) is 7.59. The van der Waals surface area contributed by atoms with E-state index in [2.05, 4.69) is 20.8 Å². The molecule has 1 heterocycles. The number of hydrogen-bond acceptors (Lipinski definition) is 4. The third-order valence-electron chi connectivity index (χ3n) is 5.33. The number of rotatable bonds is 8. The molecule has 0 radical (unpaired) electrons. The Morgan fingerprint density at radius 2 is 1.74 bits per heavy atom.